The van der Waals surface area contributed by atoms with E-state index in [0.29, 0.717) is 13.0 Å². The molecule has 1 fully saturated rings. The first-order valence-electron chi connectivity index (χ1n) is 6.10. The highest BCUT2D eigenvalue weighted by atomic mass is 19.4. The molecule has 2 rings (SSSR count). The Bertz CT molecular complexity index is 430. The van der Waals surface area contributed by atoms with E-state index in [0.717, 1.165) is 19.0 Å². The summed E-state index contributed by atoms with van der Waals surface area (Å²) in [5, 5.41) is 16.0. The second-order valence-electron chi connectivity index (χ2n) is 4.76. The maximum Gasteiger partial charge on any atom is 0.433 e. The third kappa shape index (κ3) is 3.81. The van der Waals surface area contributed by atoms with Crippen LogP contribution < -0.4 is 10.6 Å². The molecular weight excluding hydrogens is 259 g/mol. The number of rotatable bonds is 3. The highest BCUT2D eigenvalue weighted by Gasteiger charge is 2.33. The fraction of sp³-hybridized carbons (Fsp3) is 0.583. The third-order valence-electron chi connectivity index (χ3n) is 3.09. The van der Waals surface area contributed by atoms with Gasteiger partial charge in [0.1, 0.15) is 11.5 Å². The standard InChI is InChI=1S/C12H16F3N3O/c13-12(14,15)9-3-1-4-10(18-9)17-8-11(19)5-2-6-16-7-11/h1,3-4,16,19H,2,5-8H2,(H,17,18). The summed E-state index contributed by atoms with van der Waals surface area (Å²) in [6.07, 6.45) is -3.00. The van der Waals surface area contributed by atoms with Crippen molar-refractivity contribution in [3.05, 3.63) is 23.9 Å². The minimum Gasteiger partial charge on any atom is -0.387 e. The van der Waals surface area contributed by atoms with Crippen molar-refractivity contribution < 1.29 is 18.3 Å². The molecule has 0 spiro atoms. The number of nitrogens with zero attached hydrogens (tertiary/aromatic N) is 1. The molecule has 0 aliphatic carbocycles. The molecule has 0 aromatic carbocycles. The third-order valence-corrected chi connectivity index (χ3v) is 3.09. The molecule has 1 atom stereocenters. The number of alkyl halides is 3. The molecule has 1 aromatic rings. The average molecular weight is 275 g/mol. The van der Waals surface area contributed by atoms with Crippen molar-refractivity contribution in [3.63, 3.8) is 0 Å². The molecule has 0 bridgehead atoms. The Hall–Kier alpha value is -1.34. The minimum absolute atomic E-state index is 0.119. The number of pyridine rings is 1. The van der Waals surface area contributed by atoms with Crippen molar-refractivity contribution in [2.75, 3.05) is 25.0 Å². The van der Waals surface area contributed by atoms with Gasteiger partial charge in [-0.15, -0.1) is 0 Å². The van der Waals surface area contributed by atoms with Gasteiger partial charge in [-0.1, -0.05) is 6.07 Å². The van der Waals surface area contributed by atoms with Crippen molar-refractivity contribution in [1.29, 1.82) is 0 Å². The molecule has 106 valence electrons. The van der Waals surface area contributed by atoms with Crippen LogP contribution in [0.3, 0.4) is 0 Å². The molecule has 1 aliphatic heterocycles. The average Bonchev–Trinajstić information content (AvgIpc) is 2.37. The lowest BCUT2D eigenvalue weighted by atomic mass is 9.94. The summed E-state index contributed by atoms with van der Waals surface area (Å²) < 4.78 is 37.5. The van der Waals surface area contributed by atoms with Crippen LogP contribution in [0.25, 0.3) is 0 Å². The van der Waals surface area contributed by atoms with Gasteiger partial charge in [0.2, 0.25) is 0 Å². The van der Waals surface area contributed by atoms with Crippen molar-refractivity contribution in [3.8, 4) is 0 Å². The van der Waals surface area contributed by atoms with E-state index in [1.807, 2.05) is 0 Å². The second-order valence-corrected chi connectivity index (χ2v) is 4.76. The van der Waals surface area contributed by atoms with Crippen molar-refractivity contribution in [1.82, 2.24) is 10.3 Å². The smallest absolute Gasteiger partial charge is 0.387 e. The molecule has 4 nitrogen and oxygen atoms in total. The van der Waals surface area contributed by atoms with Gasteiger partial charge in [0.15, 0.2) is 0 Å². The van der Waals surface area contributed by atoms with E-state index < -0.39 is 17.5 Å². The van der Waals surface area contributed by atoms with Crippen molar-refractivity contribution in [2.24, 2.45) is 0 Å². The van der Waals surface area contributed by atoms with E-state index >= 15 is 0 Å². The summed E-state index contributed by atoms with van der Waals surface area (Å²) in [7, 11) is 0. The maximum absolute atomic E-state index is 12.5. The number of aromatic nitrogens is 1. The van der Waals surface area contributed by atoms with Crippen LogP contribution >= 0.6 is 0 Å². The van der Waals surface area contributed by atoms with Gasteiger partial charge in [-0.25, -0.2) is 4.98 Å². The first kappa shape index (κ1) is 14.1. The quantitative estimate of drug-likeness (QED) is 0.784. The molecule has 1 aliphatic rings. The van der Waals surface area contributed by atoms with Gasteiger partial charge in [0.25, 0.3) is 0 Å². The SMILES string of the molecule is OC1(CNc2cccc(C(F)(F)F)n2)CCCNC1. The number of anilines is 1. The Morgan fingerprint density at radius 2 is 2.21 bits per heavy atom. The van der Waals surface area contributed by atoms with Gasteiger partial charge in [-0.05, 0) is 31.5 Å². The lowest BCUT2D eigenvalue weighted by molar-refractivity contribution is -0.141. The summed E-state index contributed by atoms with van der Waals surface area (Å²) in [6, 6.07) is 3.66. The second kappa shape index (κ2) is 5.34. The summed E-state index contributed by atoms with van der Waals surface area (Å²) in [6.45, 7) is 1.46. The molecule has 2 heterocycles. The van der Waals surface area contributed by atoms with E-state index in [-0.39, 0.29) is 12.4 Å². The summed E-state index contributed by atoms with van der Waals surface area (Å²) in [4.78, 5) is 3.49. The highest BCUT2D eigenvalue weighted by molar-refractivity contribution is 5.36. The van der Waals surface area contributed by atoms with E-state index in [1.165, 1.54) is 12.1 Å². The number of hydrogen-bond acceptors (Lipinski definition) is 4. The van der Waals surface area contributed by atoms with Crippen LogP contribution in [0.5, 0.6) is 0 Å². The Balaban J connectivity index is 1.99. The molecule has 3 N–H and O–H groups in total. The van der Waals surface area contributed by atoms with Crippen LogP contribution in [0.2, 0.25) is 0 Å². The van der Waals surface area contributed by atoms with Crippen LogP contribution in [0.4, 0.5) is 19.0 Å². The minimum atomic E-state index is -4.46. The number of halogens is 3. The lowest BCUT2D eigenvalue weighted by Gasteiger charge is -2.32. The van der Waals surface area contributed by atoms with Gasteiger partial charge in [0, 0.05) is 13.1 Å². The molecule has 19 heavy (non-hydrogen) atoms. The molecule has 1 saturated heterocycles. The molecule has 1 aromatic heterocycles. The van der Waals surface area contributed by atoms with Crippen molar-refractivity contribution >= 4 is 5.82 Å². The number of β-amino-alcohol motifs (C(OH)–C–C–N with tert-alkyl or cyclic N) is 1. The van der Waals surface area contributed by atoms with Crippen LogP contribution in [0.15, 0.2) is 18.2 Å². The van der Waals surface area contributed by atoms with Gasteiger partial charge in [0.05, 0.1) is 5.60 Å². The number of hydrogen-bond donors (Lipinski definition) is 3. The summed E-state index contributed by atoms with van der Waals surface area (Å²) in [5.41, 5.74) is -1.87. The molecule has 0 radical (unpaired) electrons. The van der Waals surface area contributed by atoms with E-state index in [4.69, 9.17) is 0 Å². The Kier molecular flexibility index (Phi) is 3.96. The fourth-order valence-corrected chi connectivity index (χ4v) is 2.05. The zero-order valence-corrected chi connectivity index (χ0v) is 10.3. The highest BCUT2D eigenvalue weighted by Crippen LogP contribution is 2.28. The van der Waals surface area contributed by atoms with Crippen LogP contribution in [-0.2, 0) is 6.18 Å². The Labute approximate surface area is 109 Å². The predicted molar refractivity (Wildman–Crippen MR) is 64.8 cm³/mol. The fourth-order valence-electron chi connectivity index (χ4n) is 2.05. The first-order valence-corrected chi connectivity index (χ1v) is 6.10. The Morgan fingerprint density at radius 1 is 1.42 bits per heavy atom. The molecular formula is C12H16F3N3O. The van der Waals surface area contributed by atoms with Crippen LogP contribution in [-0.4, -0.2) is 35.3 Å². The molecule has 0 amide bonds. The molecule has 1 unspecified atom stereocenters. The molecule has 0 saturated carbocycles. The van der Waals surface area contributed by atoms with Gasteiger partial charge in [-0.3, -0.25) is 0 Å². The van der Waals surface area contributed by atoms with E-state index in [1.54, 1.807) is 0 Å². The predicted octanol–water partition coefficient (Wildman–Crippen LogP) is 1.63. The Morgan fingerprint density at radius 3 is 2.84 bits per heavy atom. The van der Waals surface area contributed by atoms with Crippen molar-refractivity contribution in [2.45, 2.75) is 24.6 Å². The zero-order chi connectivity index (χ0) is 13.9. The normalized spacial score (nSPS) is 24.2. The van der Waals surface area contributed by atoms with Crippen LogP contribution in [0, 0.1) is 0 Å². The summed E-state index contributed by atoms with van der Waals surface area (Å²) in [5.74, 6) is 0.119. The van der Waals surface area contributed by atoms with E-state index in [9.17, 15) is 18.3 Å². The van der Waals surface area contributed by atoms with Gasteiger partial charge in [-0.2, -0.15) is 13.2 Å². The van der Waals surface area contributed by atoms with E-state index in [2.05, 4.69) is 15.6 Å². The topological polar surface area (TPSA) is 57.2 Å². The monoisotopic (exact) mass is 275 g/mol. The largest absolute Gasteiger partial charge is 0.433 e. The number of aliphatic hydroxyl groups is 1. The zero-order valence-electron chi connectivity index (χ0n) is 10.3. The van der Waals surface area contributed by atoms with Crippen LogP contribution in [0.1, 0.15) is 18.5 Å². The number of piperidine rings is 1. The maximum atomic E-state index is 12.5. The first-order chi connectivity index (χ1) is 8.89. The van der Waals surface area contributed by atoms with Gasteiger partial charge >= 0.3 is 6.18 Å². The van der Waals surface area contributed by atoms with Gasteiger partial charge < -0.3 is 15.7 Å². The lowest BCUT2D eigenvalue weighted by Crippen LogP contribution is -2.50. The molecule has 7 heteroatoms. The summed E-state index contributed by atoms with van der Waals surface area (Å²) >= 11 is 0. The number of nitrogens with one attached hydrogen (secondary N) is 2.